The second-order valence-electron chi connectivity index (χ2n) is 4.11. The fourth-order valence-electron chi connectivity index (χ4n) is 1.42. The van der Waals surface area contributed by atoms with Crippen LogP contribution in [0.5, 0.6) is 0 Å². The Morgan fingerprint density at radius 2 is 2.33 bits per heavy atom. The lowest BCUT2D eigenvalue weighted by Gasteiger charge is -2.33. The second-order valence-corrected chi connectivity index (χ2v) is 5.01. The molecule has 0 aromatic carbocycles. The topological polar surface area (TPSA) is 34.1 Å². The third kappa shape index (κ3) is 3.00. The smallest absolute Gasteiger partial charge is 0.113 e. The van der Waals surface area contributed by atoms with Crippen LogP contribution in [-0.2, 0) is 10.3 Å². The Hall–Kier alpha value is -0.450. The molecule has 1 unspecified atom stereocenters. The van der Waals surface area contributed by atoms with Crippen molar-refractivity contribution in [1.82, 2.24) is 10.3 Å². The summed E-state index contributed by atoms with van der Waals surface area (Å²) in [6.07, 6.45) is 1.86. The molecule has 15 heavy (non-hydrogen) atoms. The van der Waals surface area contributed by atoms with E-state index in [1.54, 1.807) is 18.4 Å². The number of aromatic nitrogens is 1. The van der Waals surface area contributed by atoms with Crippen LogP contribution in [-0.4, -0.2) is 25.2 Å². The third-order valence-electron chi connectivity index (χ3n) is 2.83. The lowest BCUT2D eigenvalue weighted by Crippen LogP contribution is -2.45. The number of nitrogens with one attached hydrogen (secondary N) is 1. The highest BCUT2D eigenvalue weighted by Crippen LogP contribution is 2.30. The van der Waals surface area contributed by atoms with Crippen molar-refractivity contribution < 1.29 is 4.74 Å². The molecule has 0 aliphatic carbocycles. The Balaban J connectivity index is 2.71. The minimum Gasteiger partial charge on any atom is -0.383 e. The zero-order valence-corrected chi connectivity index (χ0v) is 10.7. The third-order valence-corrected chi connectivity index (χ3v) is 3.84. The van der Waals surface area contributed by atoms with E-state index in [2.05, 4.69) is 31.1 Å². The fourth-order valence-corrected chi connectivity index (χ4v) is 2.34. The molecule has 86 valence electrons. The van der Waals surface area contributed by atoms with Gasteiger partial charge in [0, 0.05) is 25.2 Å². The SMILES string of the molecule is COCCNC(C)(c1nccs1)C(C)C. The highest BCUT2D eigenvalue weighted by atomic mass is 32.1. The molecule has 4 heteroatoms. The minimum absolute atomic E-state index is 0.0489. The van der Waals surface area contributed by atoms with Gasteiger partial charge < -0.3 is 10.1 Å². The van der Waals surface area contributed by atoms with Crippen LogP contribution in [0.3, 0.4) is 0 Å². The molecule has 1 aromatic rings. The van der Waals surface area contributed by atoms with Gasteiger partial charge in [-0.2, -0.15) is 0 Å². The Labute approximate surface area is 95.9 Å². The quantitative estimate of drug-likeness (QED) is 0.758. The van der Waals surface area contributed by atoms with Crippen LogP contribution in [0.4, 0.5) is 0 Å². The van der Waals surface area contributed by atoms with E-state index in [4.69, 9.17) is 4.74 Å². The van der Waals surface area contributed by atoms with Gasteiger partial charge in [0.05, 0.1) is 12.1 Å². The van der Waals surface area contributed by atoms with Gasteiger partial charge in [0.15, 0.2) is 0 Å². The molecule has 1 heterocycles. The normalized spacial score (nSPS) is 15.5. The number of hydrogen-bond acceptors (Lipinski definition) is 4. The number of methoxy groups -OCH3 is 1. The summed E-state index contributed by atoms with van der Waals surface area (Å²) in [4.78, 5) is 4.40. The van der Waals surface area contributed by atoms with Gasteiger partial charge in [-0.05, 0) is 12.8 Å². The number of hydrogen-bond donors (Lipinski definition) is 1. The molecule has 0 aliphatic rings. The van der Waals surface area contributed by atoms with Gasteiger partial charge in [-0.3, -0.25) is 0 Å². The maximum atomic E-state index is 5.05. The van der Waals surface area contributed by atoms with Crippen LogP contribution in [0.15, 0.2) is 11.6 Å². The van der Waals surface area contributed by atoms with Crippen molar-refractivity contribution in [1.29, 1.82) is 0 Å². The largest absolute Gasteiger partial charge is 0.383 e. The first kappa shape index (κ1) is 12.6. The van der Waals surface area contributed by atoms with Crippen LogP contribution in [0.2, 0.25) is 0 Å². The van der Waals surface area contributed by atoms with Crippen molar-refractivity contribution in [2.24, 2.45) is 5.92 Å². The molecular formula is C11H20N2OS. The summed E-state index contributed by atoms with van der Waals surface area (Å²) in [6, 6.07) is 0. The molecule has 0 fully saturated rings. The molecule has 0 radical (unpaired) electrons. The predicted molar refractivity (Wildman–Crippen MR) is 64.2 cm³/mol. The molecule has 0 bridgehead atoms. The lowest BCUT2D eigenvalue weighted by atomic mass is 9.89. The van der Waals surface area contributed by atoms with Gasteiger partial charge in [0.1, 0.15) is 5.01 Å². The Bertz CT molecular complexity index is 274. The van der Waals surface area contributed by atoms with E-state index < -0.39 is 0 Å². The van der Waals surface area contributed by atoms with Gasteiger partial charge in [0.25, 0.3) is 0 Å². The van der Waals surface area contributed by atoms with Crippen LogP contribution in [0.1, 0.15) is 25.8 Å². The summed E-state index contributed by atoms with van der Waals surface area (Å²) in [6.45, 7) is 8.20. The van der Waals surface area contributed by atoms with Crippen molar-refractivity contribution >= 4 is 11.3 Å². The zero-order chi connectivity index (χ0) is 11.3. The monoisotopic (exact) mass is 228 g/mol. The maximum Gasteiger partial charge on any atom is 0.113 e. The van der Waals surface area contributed by atoms with E-state index in [9.17, 15) is 0 Å². The molecule has 1 N–H and O–H groups in total. The van der Waals surface area contributed by atoms with Crippen LogP contribution >= 0.6 is 11.3 Å². The van der Waals surface area contributed by atoms with Gasteiger partial charge in [-0.25, -0.2) is 4.98 Å². The van der Waals surface area contributed by atoms with E-state index in [0.29, 0.717) is 5.92 Å². The first-order valence-corrected chi connectivity index (χ1v) is 6.13. The van der Waals surface area contributed by atoms with Crippen LogP contribution in [0.25, 0.3) is 0 Å². The standard InChI is InChI=1S/C11H20N2OS/c1-9(2)11(3,13-5-7-14-4)10-12-6-8-15-10/h6,8-9,13H,5,7H2,1-4H3. The van der Waals surface area contributed by atoms with Crippen LogP contribution < -0.4 is 5.32 Å². The molecular weight excluding hydrogens is 208 g/mol. The van der Waals surface area contributed by atoms with Gasteiger partial charge in [0.2, 0.25) is 0 Å². The summed E-state index contributed by atoms with van der Waals surface area (Å²) >= 11 is 1.70. The maximum absolute atomic E-state index is 5.05. The summed E-state index contributed by atoms with van der Waals surface area (Å²) in [5, 5.41) is 6.69. The number of thiazole rings is 1. The molecule has 0 saturated carbocycles. The number of rotatable bonds is 6. The summed E-state index contributed by atoms with van der Waals surface area (Å²) in [5.74, 6) is 0.500. The van der Waals surface area contributed by atoms with Gasteiger partial charge in [-0.15, -0.1) is 11.3 Å². The van der Waals surface area contributed by atoms with E-state index >= 15 is 0 Å². The fraction of sp³-hybridized carbons (Fsp3) is 0.727. The Morgan fingerprint density at radius 3 is 2.80 bits per heavy atom. The van der Waals surface area contributed by atoms with Crippen molar-refractivity contribution in [3.8, 4) is 0 Å². The van der Waals surface area contributed by atoms with E-state index in [1.807, 2.05) is 11.6 Å². The highest BCUT2D eigenvalue weighted by molar-refractivity contribution is 7.09. The van der Waals surface area contributed by atoms with E-state index in [1.165, 1.54) is 0 Å². The average molecular weight is 228 g/mol. The Kier molecular flexibility index (Phi) is 4.70. The van der Waals surface area contributed by atoms with Crippen molar-refractivity contribution in [3.05, 3.63) is 16.6 Å². The average Bonchev–Trinajstić information content (AvgIpc) is 2.70. The van der Waals surface area contributed by atoms with Gasteiger partial charge >= 0.3 is 0 Å². The summed E-state index contributed by atoms with van der Waals surface area (Å²) in [5.41, 5.74) is -0.0489. The molecule has 0 aliphatic heterocycles. The molecule has 0 spiro atoms. The van der Waals surface area contributed by atoms with Crippen molar-refractivity contribution in [2.75, 3.05) is 20.3 Å². The van der Waals surface area contributed by atoms with Gasteiger partial charge in [-0.1, -0.05) is 13.8 Å². The first-order chi connectivity index (χ1) is 7.11. The summed E-state index contributed by atoms with van der Waals surface area (Å²) in [7, 11) is 1.72. The number of nitrogens with zero attached hydrogens (tertiary/aromatic N) is 1. The second kappa shape index (κ2) is 5.58. The summed E-state index contributed by atoms with van der Waals surface area (Å²) < 4.78 is 5.05. The predicted octanol–water partition coefficient (Wildman–Crippen LogP) is 2.25. The van der Waals surface area contributed by atoms with E-state index in [-0.39, 0.29) is 5.54 Å². The molecule has 0 amide bonds. The lowest BCUT2D eigenvalue weighted by molar-refractivity contribution is 0.173. The molecule has 1 atom stereocenters. The van der Waals surface area contributed by atoms with Crippen molar-refractivity contribution in [3.63, 3.8) is 0 Å². The zero-order valence-electron chi connectivity index (χ0n) is 9.91. The molecule has 1 rings (SSSR count). The minimum atomic E-state index is -0.0489. The number of ether oxygens (including phenoxy) is 1. The molecule has 1 aromatic heterocycles. The highest BCUT2D eigenvalue weighted by Gasteiger charge is 2.31. The molecule has 0 saturated heterocycles. The molecule has 3 nitrogen and oxygen atoms in total. The Morgan fingerprint density at radius 1 is 1.60 bits per heavy atom. The van der Waals surface area contributed by atoms with Crippen LogP contribution in [0, 0.1) is 5.92 Å². The van der Waals surface area contributed by atoms with E-state index in [0.717, 1.165) is 18.2 Å². The van der Waals surface area contributed by atoms with Crippen molar-refractivity contribution in [2.45, 2.75) is 26.3 Å². The first-order valence-electron chi connectivity index (χ1n) is 5.25.